The van der Waals surface area contributed by atoms with Crippen LogP contribution in [0.5, 0.6) is 0 Å². The lowest BCUT2D eigenvalue weighted by Gasteiger charge is -2.11. The van der Waals surface area contributed by atoms with Gasteiger partial charge in [-0.25, -0.2) is 0 Å². The Kier molecular flexibility index (Phi) is 9.55. The fourth-order valence-corrected chi connectivity index (χ4v) is 2.84. The molecule has 3 N–H and O–H groups in total. The van der Waals surface area contributed by atoms with Gasteiger partial charge in [-0.3, -0.25) is 14.4 Å². The van der Waals surface area contributed by atoms with E-state index in [2.05, 4.69) is 22.9 Å². The van der Waals surface area contributed by atoms with E-state index in [0.717, 1.165) is 24.1 Å². The number of carbonyl (C=O) groups excluding carboxylic acids is 3. The largest absolute Gasteiger partial charge is 0.376 e. The van der Waals surface area contributed by atoms with Gasteiger partial charge in [0.25, 0.3) is 5.91 Å². The van der Waals surface area contributed by atoms with Crippen molar-refractivity contribution < 1.29 is 14.4 Å². The quantitative estimate of drug-likeness (QED) is 0.483. The summed E-state index contributed by atoms with van der Waals surface area (Å²) >= 11 is 0. The summed E-state index contributed by atoms with van der Waals surface area (Å²) in [6, 6.07) is 14.5. The minimum absolute atomic E-state index is 0.101. The van der Waals surface area contributed by atoms with Gasteiger partial charge in [0.05, 0.1) is 6.54 Å². The second-order valence-corrected chi connectivity index (χ2v) is 7.57. The number of rotatable bonds is 11. The SMILES string of the molecule is CCCCNC(=O)c1ccc(NC(=O)CNc2ccc(CCC(=O)N(C)C)cc2)cc1. The van der Waals surface area contributed by atoms with E-state index >= 15 is 0 Å². The summed E-state index contributed by atoms with van der Waals surface area (Å²) in [7, 11) is 3.50. The summed E-state index contributed by atoms with van der Waals surface area (Å²) in [5.41, 5.74) is 3.11. The highest BCUT2D eigenvalue weighted by Gasteiger charge is 2.07. The number of aryl methyl sites for hydroxylation is 1. The Bertz CT molecular complexity index is 861. The number of anilines is 2. The van der Waals surface area contributed by atoms with Gasteiger partial charge in [0.15, 0.2) is 0 Å². The van der Waals surface area contributed by atoms with Crippen molar-refractivity contribution in [2.24, 2.45) is 0 Å². The first-order valence-electron chi connectivity index (χ1n) is 10.6. The molecule has 0 aliphatic carbocycles. The van der Waals surface area contributed by atoms with Crippen molar-refractivity contribution in [3.63, 3.8) is 0 Å². The molecule has 0 unspecified atom stereocenters. The molecule has 0 aliphatic heterocycles. The van der Waals surface area contributed by atoms with Crippen LogP contribution >= 0.6 is 0 Å². The number of amides is 3. The molecule has 0 aliphatic rings. The normalized spacial score (nSPS) is 10.3. The Morgan fingerprint density at radius 3 is 2.16 bits per heavy atom. The number of nitrogens with one attached hydrogen (secondary N) is 3. The molecule has 0 atom stereocenters. The van der Waals surface area contributed by atoms with Gasteiger partial charge in [-0.05, 0) is 54.8 Å². The molecule has 2 rings (SSSR count). The lowest BCUT2D eigenvalue weighted by Crippen LogP contribution is -2.24. The molecule has 0 radical (unpaired) electrons. The van der Waals surface area contributed by atoms with Crippen molar-refractivity contribution in [1.82, 2.24) is 10.2 Å². The van der Waals surface area contributed by atoms with E-state index in [-0.39, 0.29) is 24.3 Å². The third-order valence-corrected chi connectivity index (χ3v) is 4.78. The fourth-order valence-electron chi connectivity index (χ4n) is 2.84. The third kappa shape index (κ3) is 8.50. The van der Waals surface area contributed by atoms with Crippen LogP contribution in [0.4, 0.5) is 11.4 Å². The van der Waals surface area contributed by atoms with Crippen LogP contribution in [-0.2, 0) is 16.0 Å². The zero-order valence-electron chi connectivity index (χ0n) is 18.5. The van der Waals surface area contributed by atoms with Crippen molar-refractivity contribution in [2.75, 3.05) is 37.8 Å². The van der Waals surface area contributed by atoms with Crippen LogP contribution in [0.2, 0.25) is 0 Å². The molecule has 2 aromatic rings. The maximum atomic E-state index is 12.2. The molecule has 0 saturated heterocycles. The Hall–Kier alpha value is -3.35. The molecule has 0 bridgehead atoms. The maximum absolute atomic E-state index is 12.2. The van der Waals surface area contributed by atoms with Crippen molar-refractivity contribution in [3.05, 3.63) is 59.7 Å². The molecule has 3 amide bonds. The Labute approximate surface area is 184 Å². The predicted octanol–water partition coefficient (Wildman–Crippen LogP) is 3.29. The van der Waals surface area contributed by atoms with Crippen LogP contribution in [0.25, 0.3) is 0 Å². The van der Waals surface area contributed by atoms with Gasteiger partial charge in [0, 0.05) is 44.0 Å². The lowest BCUT2D eigenvalue weighted by molar-refractivity contribution is -0.128. The van der Waals surface area contributed by atoms with Crippen LogP contribution in [-0.4, -0.2) is 49.8 Å². The molecule has 2 aromatic carbocycles. The highest BCUT2D eigenvalue weighted by atomic mass is 16.2. The van der Waals surface area contributed by atoms with E-state index in [1.165, 1.54) is 0 Å². The average Bonchev–Trinajstić information content (AvgIpc) is 2.77. The highest BCUT2D eigenvalue weighted by Crippen LogP contribution is 2.12. The summed E-state index contributed by atoms with van der Waals surface area (Å²) in [5, 5.41) is 8.76. The van der Waals surface area contributed by atoms with Gasteiger partial charge in [0.2, 0.25) is 11.8 Å². The minimum atomic E-state index is -0.180. The first kappa shape index (κ1) is 23.9. The van der Waals surface area contributed by atoms with Gasteiger partial charge >= 0.3 is 0 Å². The van der Waals surface area contributed by atoms with E-state index in [0.29, 0.717) is 30.6 Å². The molecule has 0 spiro atoms. The molecular weight excluding hydrogens is 392 g/mol. The number of benzene rings is 2. The van der Waals surface area contributed by atoms with Gasteiger partial charge in [0.1, 0.15) is 0 Å². The molecule has 7 nitrogen and oxygen atoms in total. The van der Waals surface area contributed by atoms with Crippen LogP contribution in [0, 0.1) is 0 Å². The molecule has 31 heavy (non-hydrogen) atoms. The maximum Gasteiger partial charge on any atom is 0.251 e. The zero-order valence-corrected chi connectivity index (χ0v) is 18.5. The summed E-state index contributed by atoms with van der Waals surface area (Å²) in [5.74, 6) is -0.188. The van der Waals surface area contributed by atoms with Crippen molar-refractivity contribution >= 4 is 29.1 Å². The molecule has 166 valence electrons. The third-order valence-electron chi connectivity index (χ3n) is 4.78. The van der Waals surface area contributed by atoms with Crippen LogP contribution < -0.4 is 16.0 Å². The number of hydrogen-bond donors (Lipinski definition) is 3. The fraction of sp³-hybridized carbons (Fsp3) is 0.375. The van der Waals surface area contributed by atoms with Gasteiger partial charge in [-0.15, -0.1) is 0 Å². The van der Waals surface area contributed by atoms with E-state index in [9.17, 15) is 14.4 Å². The zero-order chi connectivity index (χ0) is 22.6. The van der Waals surface area contributed by atoms with Gasteiger partial charge < -0.3 is 20.9 Å². The molecule has 0 heterocycles. The highest BCUT2D eigenvalue weighted by molar-refractivity contribution is 5.96. The second-order valence-electron chi connectivity index (χ2n) is 7.57. The van der Waals surface area contributed by atoms with E-state index in [4.69, 9.17) is 0 Å². The topological polar surface area (TPSA) is 90.5 Å². The first-order chi connectivity index (χ1) is 14.9. The van der Waals surface area contributed by atoms with Crippen LogP contribution in [0.3, 0.4) is 0 Å². The minimum Gasteiger partial charge on any atom is -0.376 e. The van der Waals surface area contributed by atoms with Crippen molar-refractivity contribution in [3.8, 4) is 0 Å². The summed E-state index contributed by atoms with van der Waals surface area (Å²) in [6.45, 7) is 2.86. The van der Waals surface area contributed by atoms with Crippen molar-refractivity contribution in [1.29, 1.82) is 0 Å². The number of carbonyl (C=O) groups is 3. The second kappa shape index (κ2) is 12.4. The summed E-state index contributed by atoms with van der Waals surface area (Å²) < 4.78 is 0. The molecule has 7 heteroatoms. The average molecular weight is 425 g/mol. The van der Waals surface area contributed by atoms with Crippen molar-refractivity contribution in [2.45, 2.75) is 32.6 Å². The monoisotopic (exact) mass is 424 g/mol. The van der Waals surface area contributed by atoms with E-state index in [1.807, 2.05) is 24.3 Å². The van der Waals surface area contributed by atoms with Gasteiger partial charge in [-0.1, -0.05) is 25.5 Å². The molecular formula is C24H32N4O3. The predicted molar refractivity (Wildman–Crippen MR) is 124 cm³/mol. The Morgan fingerprint density at radius 1 is 0.903 bits per heavy atom. The lowest BCUT2D eigenvalue weighted by atomic mass is 10.1. The first-order valence-corrected chi connectivity index (χ1v) is 10.6. The van der Waals surface area contributed by atoms with Crippen LogP contribution in [0.15, 0.2) is 48.5 Å². The van der Waals surface area contributed by atoms with Gasteiger partial charge in [-0.2, -0.15) is 0 Å². The van der Waals surface area contributed by atoms with Crippen LogP contribution in [0.1, 0.15) is 42.1 Å². The molecule has 0 saturated carbocycles. The molecule has 0 fully saturated rings. The van der Waals surface area contributed by atoms with E-state index < -0.39 is 0 Å². The standard InChI is InChI=1S/C24H32N4O3/c1-4-5-16-25-24(31)19-9-13-21(14-10-19)27-22(29)17-26-20-11-6-18(7-12-20)8-15-23(30)28(2)3/h6-7,9-14,26H,4-5,8,15-17H2,1-3H3,(H,25,31)(H,27,29). The number of hydrogen-bond acceptors (Lipinski definition) is 4. The smallest absolute Gasteiger partial charge is 0.251 e. The van der Waals surface area contributed by atoms with E-state index in [1.54, 1.807) is 43.3 Å². The molecule has 0 aromatic heterocycles. The number of unbranched alkanes of at least 4 members (excludes halogenated alkanes) is 1. The summed E-state index contributed by atoms with van der Waals surface area (Å²) in [6.07, 6.45) is 3.14. The Morgan fingerprint density at radius 2 is 1.55 bits per heavy atom. The number of nitrogens with zero attached hydrogens (tertiary/aromatic N) is 1. The Balaban J connectivity index is 1.76. The summed E-state index contributed by atoms with van der Waals surface area (Å²) in [4.78, 5) is 37.5.